The molecule has 5 heteroatoms. The number of rotatable bonds is 1. The van der Waals surface area contributed by atoms with Gasteiger partial charge in [0.2, 0.25) is 0 Å². The molecule has 0 N–H and O–H groups in total. The minimum atomic E-state index is -1.16. The highest BCUT2D eigenvalue weighted by atomic mass is 19.1. The van der Waals surface area contributed by atoms with Crippen LogP contribution in [0.5, 0.6) is 0 Å². The zero-order chi connectivity index (χ0) is 21.0. The Morgan fingerprint density at radius 1 is 1.17 bits per heavy atom. The summed E-state index contributed by atoms with van der Waals surface area (Å²) in [4.78, 5) is 24.9. The van der Waals surface area contributed by atoms with Gasteiger partial charge in [0.05, 0.1) is 6.10 Å². The third kappa shape index (κ3) is 2.21. The molecule has 5 aliphatic rings. The molecule has 0 amide bonds. The maximum atomic E-state index is 15.3. The molecule has 1 aliphatic heterocycles. The summed E-state index contributed by atoms with van der Waals surface area (Å²) in [6.07, 6.45) is 7.33. The van der Waals surface area contributed by atoms with Gasteiger partial charge >= 0.3 is 0 Å². The Hall–Kier alpha value is -1.59. The molecule has 156 valence electrons. The summed E-state index contributed by atoms with van der Waals surface area (Å²) in [6, 6.07) is 0. The highest BCUT2D eigenvalue weighted by Crippen LogP contribution is 2.68. The number of carbonyl (C=O) groups excluding carboxylic acids is 2. The minimum absolute atomic E-state index is 0.000823. The summed E-state index contributed by atoms with van der Waals surface area (Å²) in [5.74, 6) is -0.860. The lowest BCUT2D eigenvalue weighted by atomic mass is 9.51. The van der Waals surface area contributed by atoms with Crippen LogP contribution in [-0.4, -0.2) is 35.2 Å². The van der Waals surface area contributed by atoms with Crippen LogP contribution in [0.25, 0.3) is 0 Å². The number of allylic oxidation sites excluding steroid dienone is 6. The van der Waals surface area contributed by atoms with Crippen LogP contribution in [0.15, 0.2) is 35.5 Å². The normalized spacial score (nSPS) is 49.5. The quantitative estimate of drug-likeness (QED) is 0.618. The van der Waals surface area contributed by atoms with E-state index in [1.165, 1.54) is 11.6 Å². The molecule has 4 aliphatic carbocycles. The summed E-state index contributed by atoms with van der Waals surface area (Å²) in [7, 11) is 0. The van der Waals surface area contributed by atoms with E-state index in [4.69, 9.17) is 9.47 Å². The number of carbonyl (C=O) groups is 2. The summed E-state index contributed by atoms with van der Waals surface area (Å²) in [5.41, 5.74) is -0.257. The standard InChI is InChI=1S/C24H29FO4/c1-13(26)24-20(28-21(2,3)29-24)12-17-15-11-19(25)18-10-14(27)6-8-22(18,4)16(15)7-9-23(17,24)5/h6-8,10,15,17,19-20H,9,11-12H2,1-5H3/t15-,17+,19+,20-,22-,23+,24-/m1/s1. The van der Waals surface area contributed by atoms with Gasteiger partial charge in [-0.05, 0) is 76.5 Å². The molecule has 29 heavy (non-hydrogen) atoms. The van der Waals surface area contributed by atoms with E-state index < -0.39 is 28.4 Å². The van der Waals surface area contributed by atoms with Gasteiger partial charge in [-0.2, -0.15) is 0 Å². The maximum Gasteiger partial charge on any atom is 0.178 e. The van der Waals surface area contributed by atoms with E-state index in [2.05, 4.69) is 13.0 Å². The molecule has 0 spiro atoms. The van der Waals surface area contributed by atoms with Crippen molar-refractivity contribution in [1.29, 1.82) is 0 Å². The third-order valence-electron chi connectivity index (χ3n) is 8.45. The Morgan fingerprint density at radius 3 is 2.59 bits per heavy atom. The predicted octanol–water partition coefficient (Wildman–Crippen LogP) is 4.25. The molecule has 7 atom stereocenters. The van der Waals surface area contributed by atoms with Crippen LogP contribution >= 0.6 is 0 Å². The lowest BCUT2D eigenvalue weighted by Crippen LogP contribution is -2.58. The van der Waals surface area contributed by atoms with Crippen molar-refractivity contribution < 1.29 is 23.5 Å². The molecular weight excluding hydrogens is 371 g/mol. The Morgan fingerprint density at radius 2 is 1.90 bits per heavy atom. The molecule has 0 unspecified atom stereocenters. The van der Waals surface area contributed by atoms with E-state index in [-0.39, 0.29) is 29.5 Å². The van der Waals surface area contributed by atoms with E-state index in [9.17, 15) is 9.59 Å². The first-order valence-corrected chi connectivity index (χ1v) is 10.6. The third-order valence-corrected chi connectivity index (χ3v) is 8.45. The number of Topliss-reactive ketones (excluding diaryl/α,β-unsaturated/α-hetero) is 1. The minimum Gasteiger partial charge on any atom is -0.344 e. The number of hydrogen-bond acceptors (Lipinski definition) is 4. The average molecular weight is 400 g/mol. The molecule has 0 bridgehead atoms. The first kappa shape index (κ1) is 19.4. The first-order chi connectivity index (χ1) is 13.4. The molecule has 4 nitrogen and oxygen atoms in total. The predicted molar refractivity (Wildman–Crippen MR) is 106 cm³/mol. The highest BCUT2D eigenvalue weighted by molar-refractivity contribution is 6.01. The fraction of sp³-hybridized carbons (Fsp3) is 0.667. The van der Waals surface area contributed by atoms with E-state index in [1.807, 2.05) is 26.8 Å². The lowest BCUT2D eigenvalue weighted by molar-refractivity contribution is -0.204. The van der Waals surface area contributed by atoms with Crippen molar-refractivity contribution in [1.82, 2.24) is 0 Å². The van der Waals surface area contributed by atoms with Crippen molar-refractivity contribution in [2.24, 2.45) is 22.7 Å². The van der Waals surface area contributed by atoms with Gasteiger partial charge < -0.3 is 9.47 Å². The van der Waals surface area contributed by atoms with Crippen molar-refractivity contribution in [3.8, 4) is 0 Å². The van der Waals surface area contributed by atoms with E-state index in [0.29, 0.717) is 24.8 Å². The largest absolute Gasteiger partial charge is 0.344 e. The second-order valence-corrected chi connectivity index (χ2v) is 10.4. The van der Waals surface area contributed by atoms with E-state index in [1.54, 1.807) is 13.0 Å². The van der Waals surface area contributed by atoms with E-state index in [0.717, 1.165) is 0 Å². The zero-order valence-electron chi connectivity index (χ0n) is 17.8. The van der Waals surface area contributed by atoms with Gasteiger partial charge in [0.15, 0.2) is 23.0 Å². The van der Waals surface area contributed by atoms with Crippen LogP contribution in [0.1, 0.15) is 53.9 Å². The van der Waals surface area contributed by atoms with Crippen molar-refractivity contribution >= 4 is 11.6 Å². The first-order valence-electron chi connectivity index (χ1n) is 10.6. The second kappa shape index (κ2) is 5.55. The summed E-state index contributed by atoms with van der Waals surface area (Å²) < 4.78 is 27.9. The topological polar surface area (TPSA) is 52.6 Å². The Labute approximate surface area is 171 Å². The summed E-state index contributed by atoms with van der Waals surface area (Å²) in [5, 5.41) is 0. The summed E-state index contributed by atoms with van der Waals surface area (Å²) in [6.45, 7) is 9.46. The van der Waals surface area contributed by atoms with Crippen molar-refractivity contribution in [3.63, 3.8) is 0 Å². The zero-order valence-corrected chi connectivity index (χ0v) is 17.8. The number of alkyl halides is 1. The Bertz CT molecular complexity index is 914. The fourth-order valence-electron chi connectivity index (χ4n) is 7.28. The molecular formula is C24H29FO4. The molecule has 0 aromatic carbocycles. The van der Waals surface area contributed by atoms with Crippen molar-refractivity contribution in [2.75, 3.05) is 0 Å². The Kier molecular flexibility index (Phi) is 3.71. The number of ketones is 2. The molecule has 3 fully saturated rings. The molecule has 0 aromatic rings. The van der Waals surface area contributed by atoms with Crippen LogP contribution < -0.4 is 0 Å². The highest BCUT2D eigenvalue weighted by Gasteiger charge is 2.74. The number of ether oxygens (including phenoxy) is 2. The monoisotopic (exact) mass is 400 g/mol. The summed E-state index contributed by atoms with van der Waals surface area (Å²) >= 11 is 0. The second-order valence-electron chi connectivity index (χ2n) is 10.4. The van der Waals surface area contributed by atoms with Gasteiger partial charge in [0, 0.05) is 10.8 Å². The Balaban J connectivity index is 1.63. The molecule has 0 radical (unpaired) electrons. The fourth-order valence-corrected chi connectivity index (χ4v) is 7.28. The van der Waals surface area contributed by atoms with Crippen molar-refractivity contribution in [3.05, 3.63) is 35.5 Å². The number of fused-ring (bicyclic) bond motifs is 7. The smallest absolute Gasteiger partial charge is 0.178 e. The van der Waals surface area contributed by atoms with Gasteiger partial charge in [-0.25, -0.2) is 4.39 Å². The van der Waals surface area contributed by atoms with Gasteiger partial charge in [-0.15, -0.1) is 0 Å². The van der Waals surface area contributed by atoms with E-state index >= 15 is 4.39 Å². The van der Waals surface area contributed by atoms with Gasteiger partial charge in [0.25, 0.3) is 0 Å². The van der Waals surface area contributed by atoms with Crippen LogP contribution in [-0.2, 0) is 19.1 Å². The lowest BCUT2D eigenvalue weighted by Gasteiger charge is -2.54. The van der Waals surface area contributed by atoms with Gasteiger partial charge in [-0.1, -0.05) is 24.6 Å². The molecule has 5 rings (SSSR count). The molecule has 2 saturated carbocycles. The molecule has 1 saturated heterocycles. The van der Waals surface area contributed by atoms with Crippen LogP contribution in [0.2, 0.25) is 0 Å². The van der Waals surface area contributed by atoms with Gasteiger partial charge in [-0.3, -0.25) is 9.59 Å². The SMILES string of the molecule is CC(=O)[C@@]12OC(C)(C)O[C@@H]1C[C@H]1[C@@H]3C[C@H](F)C4=CC(=O)C=C[C@]4(C)C3=CC[C@@]12C. The average Bonchev–Trinajstić information content (AvgIpc) is 3.03. The molecule has 1 heterocycles. The van der Waals surface area contributed by atoms with Crippen LogP contribution in [0.3, 0.4) is 0 Å². The number of halogens is 1. The van der Waals surface area contributed by atoms with Crippen molar-refractivity contribution in [2.45, 2.75) is 77.5 Å². The van der Waals surface area contributed by atoms with Gasteiger partial charge in [0.1, 0.15) is 6.17 Å². The molecule has 0 aromatic heterocycles. The van der Waals surface area contributed by atoms with Crippen LogP contribution in [0.4, 0.5) is 4.39 Å². The maximum absolute atomic E-state index is 15.3. The number of hydrogen-bond donors (Lipinski definition) is 0. The van der Waals surface area contributed by atoms with Crippen LogP contribution in [0, 0.1) is 22.7 Å².